The van der Waals surface area contributed by atoms with E-state index >= 15 is 0 Å². The van der Waals surface area contributed by atoms with Crippen molar-refractivity contribution in [3.63, 3.8) is 0 Å². The molecule has 0 unspecified atom stereocenters. The van der Waals surface area contributed by atoms with Crippen LogP contribution in [-0.2, 0) is 4.74 Å². The minimum Gasteiger partial charge on any atom is -0.450 e. The van der Waals surface area contributed by atoms with Crippen LogP contribution >= 0.6 is 0 Å². The van der Waals surface area contributed by atoms with Crippen molar-refractivity contribution in [3.05, 3.63) is 17.5 Å². The fraction of sp³-hybridized carbons (Fsp3) is 0.615. The Bertz CT molecular complexity index is 478. The normalized spacial score (nSPS) is 16.0. The summed E-state index contributed by atoms with van der Waals surface area (Å²) in [6, 6.07) is 1.64. The molecule has 2 amide bonds. The zero-order valence-corrected chi connectivity index (χ0v) is 11.7. The zero-order chi connectivity index (χ0) is 14.5. The van der Waals surface area contributed by atoms with E-state index < -0.39 is 0 Å². The van der Waals surface area contributed by atoms with Crippen LogP contribution in [0.5, 0.6) is 0 Å². The molecule has 1 aliphatic heterocycles. The highest BCUT2D eigenvalue weighted by Gasteiger charge is 2.25. The van der Waals surface area contributed by atoms with Gasteiger partial charge in [-0.05, 0) is 26.7 Å². The predicted octanol–water partition coefficient (Wildman–Crippen LogP) is 1.33. The van der Waals surface area contributed by atoms with Crippen LogP contribution in [0.3, 0.4) is 0 Å². The van der Waals surface area contributed by atoms with Crippen molar-refractivity contribution in [2.75, 3.05) is 19.7 Å². The second-order valence-electron chi connectivity index (χ2n) is 4.77. The van der Waals surface area contributed by atoms with Gasteiger partial charge in [0, 0.05) is 25.2 Å². The van der Waals surface area contributed by atoms with Crippen LogP contribution in [0.1, 0.15) is 36.0 Å². The number of hydrogen-bond donors (Lipinski definition) is 1. The van der Waals surface area contributed by atoms with Gasteiger partial charge in [0.2, 0.25) is 5.76 Å². The van der Waals surface area contributed by atoms with Gasteiger partial charge in [0.05, 0.1) is 12.3 Å². The Labute approximate surface area is 117 Å². The van der Waals surface area contributed by atoms with Crippen molar-refractivity contribution in [1.29, 1.82) is 0 Å². The van der Waals surface area contributed by atoms with Crippen molar-refractivity contribution in [3.8, 4) is 0 Å². The third kappa shape index (κ3) is 3.49. The Balaban J connectivity index is 1.80. The Morgan fingerprint density at radius 3 is 2.75 bits per heavy atom. The molecule has 1 fully saturated rings. The van der Waals surface area contributed by atoms with E-state index in [-0.39, 0.29) is 23.8 Å². The van der Waals surface area contributed by atoms with Crippen molar-refractivity contribution < 1.29 is 18.8 Å². The van der Waals surface area contributed by atoms with Crippen LogP contribution in [-0.4, -0.2) is 47.8 Å². The predicted molar refractivity (Wildman–Crippen MR) is 70.3 cm³/mol. The van der Waals surface area contributed by atoms with Gasteiger partial charge >= 0.3 is 6.09 Å². The highest BCUT2D eigenvalue weighted by Crippen LogP contribution is 2.12. The highest BCUT2D eigenvalue weighted by atomic mass is 16.6. The van der Waals surface area contributed by atoms with Crippen molar-refractivity contribution in [2.24, 2.45) is 0 Å². The van der Waals surface area contributed by atoms with E-state index in [1.807, 2.05) is 0 Å². The van der Waals surface area contributed by atoms with Gasteiger partial charge in [-0.1, -0.05) is 5.16 Å². The molecular formula is C13H19N3O4. The van der Waals surface area contributed by atoms with Gasteiger partial charge < -0.3 is 19.5 Å². The lowest BCUT2D eigenvalue weighted by Crippen LogP contribution is -2.46. The lowest BCUT2D eigenvalue weighted by atomic mass is 10.1. The highest BCUT2D eigenvalue weighted by molar-refractivity contribution is 5.91. The van der Waals surface area contributed by atoms with Crippen molar-refractivity contribution >= 4 is 12.0 Å². The maximum atomic E-state index is 11.9. The summed E-state index contributed by atoms with van der Waals surface area (Å²) in [6.07, 6.45) is 1.12. The molecule has 0 bridgehead atoms. The molecule has 0 aromatic carbocycles. The second kappa shape index (κ2) is 6.40. The fourth-order valence-corrected chi connectivity index (χ4v) is 2.15. The summed E-state index contributed by atoms with van der Waals surface area (Å²) in [6.45, 7) is 5.08. The van der Waals surface area contributed by atoms with Gasteiger partial charge in [-0.3, -0.25) is 4.79 Å². The third-order valence-electron chi connectivity index (χ3n) is 3.21. The Hall–Kier alpha value is -2.05. The minimum absolute atomic E-state index is 0.0404. The summed E-state index contributed by atoms with van der Waals surface area (Å²) in [7, 11) is 0. The number of carbonyl (C=O) groups is 2. The monoisotopic (exact) mass is 281 g/mol. The molecule has 0 aliphatic carbocycles. The van der Waals surface area contributed by atoms with E-state index in [1.165, 1.54) is 0 Å². The minimum atomic E-state index is -0.289. The topological polar surface area (TPSA) is 84.7 Å². The number of hydrogen-bond acceptors (Lipinski definition) is 5. The molecule has 20 heavy (non-hydrogen) atoms. The first-order valence-electron chi connectivity index (χ1n) is 6.76. The quantitative estimate of drug-likeness (QED) is 0.903. The van der Waals surface area contributed by atoms with E-state index in [4.69, 9.17) is 9.26 Å². The molecule has 7 nitrogen and oxygen atoms in total. The van der Waals surface area contributed by atoms with E-state index in [2.05, 4.69) is 10.5 Å². The maximum absolute atomic E-state index is 11.9. The maximum Gasteiger partial charge on any atom is 0.409 e. The summed E-state index contributed by atoms with van der Waals surface area (Å²) >= 11 is 0. The Morgan fingerprint density at radius 1 is 1.50 bits per heavy atom. The molecule has 2 rings (SSSR count). The largest absolute Gasteiger partial charge is 0.450 e. The second-order valence-corrected chi connectivity index (χ2v) is 4.77. The molecule has 1 aromatic rings. The number of aromatic nitrogens is 1. The van der Waals surface area contributed by atoms with Gasteiger partial charge in [0.15, 0.2) is 0 Å². The van der Waals surface area contributed by atoms with Crippen molar-refractivity contribution in [2.45, 2.75) is 32.7 Å². The SMILES string of the molecule is CCOC(=O)N1CCC(NC(=O)c2cc(C)no2)CC1. The van der Waals surface area contributed by atoms with Gasteiger partial charge in [0.1, 0.15) is 0 Å². The lowest BCUT2D eigenvalue weighted by molar-refractivity contribution is 0.0834. The standard InChI is InChI=1S/C13H19N3O4/c1-3-19-13(18)16-6-4-10(5-7-16)14-12(17)11-8-9(2)15-20-11/h8,10H,3-7H2,1-2H3,(H,14,17). The Kier molecular flexibility index (Phi) is 4.60. The number of carbonyl (C=O) groups excluding carboxylic acids is 2. The molecule has 0 atom stereocenters. The molecule has 0 radical (unpaired) electrons. The summed E-state index contributed by atoms with van der Waals surface area (Å²) in [5, 5.41) is 6.57. The van der Waals surface area contributed by atoms with Crippen LogP contribution < -0.4 is 5.32 Å². The molecule has 1 saturated heterocycles. The van der Waals surface area contributed by atoms with E-state index in [1.54, 1.807) is 24.8 Å². The van der Waals surface area contributed by atoms with Gasteiger partial charge in [-0.25, -0.2) is 4.79 Å². The summed E-state index contributed by atoms with van der Waals surface area (Å²) < 4.78 is 9.86. The molecule has 1 aromatic heterocycles. The number of rotatable bonds is 3. The van der Waals surface area contributed by atoms with Gasteiger partial charge in [-0.2, -0.15) is 0 Å². The number of amides is 2. The average Bonchev–Trinajstić information content (AvgIpc) is 2.86. The smallest absolute Gasteiger partial charge is 0.409 e. The molecule has 1 N–H and O–H groups in total. The molecular weight excluding hydrogens is 262 g/mol. The van der Waals surface area contributed by atoms with Gasteiger partial charge in [-0.15, -0.1) is 0 Å². The van der Waals surface area contributed by atoms with Crippen LogP contribution in [0, 0.1) is 6.92 Å². The van der Waals surface area contributed by atoms with E-state index in [9.17, 15) is 9.59 Å². The summed E-state index contributed by atoms with van der Waals surface area (Å²) in [5.74, 6) is -0.0458. The third-order valence-corrected chi connectivity index (χ3v) is 3.21. The number of nitrogens with one attached hydrogen (secondary N) is 1. The fourth-order valence-electron chi connectivity index (χ4n) is 2.15. The number of likely N-dealkylation sites (tertiary alicyclic amines) is 1. The molecule has 110 valence electrons. The molecule has 0 saturated carbocycles. The number of piperidine rings is 1. The van der Waals surface area contributed by atoms with Crippen LogP contribution in [0.4, 0.5) is 4.79 Å². The number of aryl methyl sites for hydroxylation is 1. The molecule has 0 spiro atoms. The Morgan fingerprint density at radius 2 is 2.20 bits per heavy atom. The molecule has 2 heterocycles. The molecule has 1 aliphatic rings. The number of ether oxygens (including phenoxy) is 1. The van der Waals surface area contributed by atoms with Crippen LogP contribution in [0.15, 0.2) is 10.6 Å². The van der Waals surface area contributed by atoms with E-state index in [0.717, 1.165) is 0 Å². The zero-order valence-electron chi connectivity index (χ0n) is 11.7. The first-order chi connectivity index (χ1) is 9.60. The van der Waals surface area contributed by atoms with Crippen LogP contribution in [0.25, 0.3) is 0 Å². The first-order valence-corrected chi connectivity index (χ1v) is 6.76. The van der Waals surface area contributed by atoms with Gasteiger partial charge in [0.25, 0.3) is 5.91 Å². The number of nitrogens with zero attached hydrogens (tertiary/aromatic N) is 2. The summed E-state index contributed by atoms with van der Waals surface area (Å²) in [4.78, 5) is 25.1. The van der Waals surface area contributed by atoms with Crippen LogP contribution in [0.2, 0.25) is 0 Å². The average molecular weight is 281 g/mol. The molecule has 7 heteroatoms. The van der Waals surface area contributed by atoms with E-state index in [0.29, 0.717) is 38.2 Å². The summed E-state index contributed by atoms with van der Waals surface area (Å²) in [5.41, 5.74) is 0.673. The lowest BCUT2D eigenvalue weighted by Gasteiger charge is -2.31. The first kappa shape index (κ1) is 14.4. The van der Waals surface area contributed by atoms with Crippen molar-refractivity contribution in [1.82, 2.24) is 15.4 Å².